The highest BCUT2D eigenvalue weighted by molar-refractivity contribution is 9.10. The second-order valence-electron chi connectivity index (χ2n) is 6.33. The van der Waals surface area contributed by atoms with E-state index in [1.54, 1.807) is 19.9 Å². The number of hydrogen-bond acceptors (Lipinski definition) is 5. The van der Waals surface area contributed by atoms with Crippen LogP contribution < -0.4 is 0 Å². The van der Waals surface area contributed by atoms with Gasteiger partial charge in [0, 0.05) is 30.7 Å². The zero-order valence-electron chi connectivity index (χ0n) is 14.9. The molecule has 1 aliphatic heterocycles. The van der Waals surface area contributed by atoms with Gasteiger partial charge in [0.05, 0.1) is 5.56 Å². The normalized spacial score (nSPS) is 16.4. The number of carbonyl (C=O) groups excluding carboxylic acids is 1. The zero-order chi connectivity index (χ0) is 19.8. The summed E-state index contributed by atoms with van der Waals surface area (Å²) in [4.78, 5) is 14.2. The molecular weight excluding hydrogens is 441 g/mol. The van der Waals surface area contributed by atoms with Crippen LogP contribution >= 0.6 is 15.9 Å². The van der Waals surface area contributed by atoms with Gasteiger partial charge in [0.2, 0.25) is 10.0 Å². The summed E-state index contributed by atoms with van der Waals surface area (Å²) >= 11 is 3.16. The van der Waals surface area contributed by atoms with Crippen molar-refractivity contribution in [3.8, 4) is 0 Å². The van der Waals surface area contributed by atoms with E-state index >= 15 is 0 Å². The van der Waals surface area contributed by atoms with Crippen molar-refractivity contribution < 1.29 is 22.1 Å². The summed E-state index contributed by atoms with van der Waals surface area (Å²) in [7, 11) is -3.77. The van der Waals surface area contributed by atoms with Crippen molar-refractivity contribution in [2.24, 2.45) is 0 Å². The average Bonchev–Trinajstić information content (AvgIpc) is 2.81. The van der Waals surface area contributed by atoms with E-state index in [4.69, 9.17) is 4.52 Å². The van der Waals surface area contributed by atoms with Crippen LogP contribution in [0.25, 0.3) is 0 Å². The zero-order valence-corrected chi connectivity index (χ0v) is 17.3. The molecule has 27 heavy (non-hydrogen) atoms. The van der Waals surface area contributed by atoms with Crippen molar-refractivity contribution in [1.29, 1.82) is 0 Å². The first-order valence-electron chi connectivity index (χ1n) is 8.39. The molecule has 0 unspecified atom stereocenters. The summed E-state index contributed by atoms with van der Waals surface area (Å²) in [5.41, 5.74) is 0.279. The summed E-state index contributed by atoms with van der Waals surface area (Å²) in [6.45, 7) is 4.04. The number of aromatic nitrogens is 1. The van der Waals surface area contributed by atoms with E-state index in [-0.39, 0.29) is 35.9 Å². The number of nitrogens with zero attached hydrogens (tertiary/aromatic N) is 3. The fourth-order valence-corrected chi connectivity index (χ4v) is 5.24. The van der Waals surface area contributed by atoms with Crippen LogP contribution in [0.1, 0.15) is 28.2 Å². The first-order valence-corrected chi connectivity index (χ1v) is 10.6. The Morgan fingerprint density at radius 2 is 1.96 bits per heavy atom. The molecule has 3 rings (SSSR count). The number of amides is 1. The van der Waals surface area contributed by atoms with E-state index < -0.39 is 21.7 Å². The Hall–Kier alpha value is -1.78. The number of carbonyl (C=O) groups is 1. The molecule has 1 saturated heterocycles. The Kier molecular flexibility index (Phi) is 5.68. The lowest BCUT2D eigenvalue weighted by Crippen LogP contribution is -2.37. The lowest BCUT2D eigenvalue weighted by molar-refractivity contribution is 0.0759. The number of halogens is 2. The third-order valence-electron chi connectivity index (χ3n) is 4.47. The van der Waals surface area contributed by atoms with Gasteiger partial charge in [-0.3, -0.25) is 4.79 Å². The van der Waals surface area contributed by atoms with Gasteiger partial charge in [0.15, 0.2) is 5.76 Å². The van der Waals surface area contributed by atoms with Gasteiger partial charge >= 0.3 is 0 Å². The van der Waals surface area contributed by atoms with Crippen LogP contribution in [-0.4, -0.2) is 54.9 Å². The third-order valence-corrected chi connectivity index (χ3v) is 7.11. The molecule has 7 nitrogen and oxygen atoms in total. The van der Waals surface area contributed by atoms with Crippen LogP contribution in [0.2, 0.25) is 0 Å². The highest BCUT2D eigenvalue weighted by Crippen LogP contribution is 2.25. The van der Waals surface area contributed by atoms with E-state index in [9.17, 15) is 17.6 Å². The summed E-state index contributed by atoms with van der Waals surface area (Å²) in [6.07, 6.45) is 0.451. The second-order valence-corrected chi connectivity index (χ2v) is 9.12. The van der Waals surface area contributed by atoms with E-state index in [0.29, 0.717) is 23.1 Å². The molecule has 0 aliphatic carbocycles. The summed E-state index contributed by atoms with van der Waals surface area (Å²) < 4.78 is 46.8. The molecular formula is C17H19BrFN3O4S. The molecule has 1 amide bonds. The van der Waals surface area contributed by atoms with Crippen molar-refractivity contribution in [2.45, 2.75) is 25.2 Å². The van der Waals surface area contributed by atoms with Crippen molar-refractivity contribution >= 4 is 31.9 Å². The van der Waals surface area contributed by atoms with Crippen LogP contribution in [0.4, 0.5) is 4.39 Å². The molecule has 0 spiro atoms. The highest BCUT2D eigenvalue weighted by Gasteiger charge is 2.33. The summed E-state index contributed by atoms with van der Waals surface area (Å²) in [5.74, 6) is -0.822. The van der Waals surface area contributed by atoms with Gasteiger partial charge in [-0.05, 0) is 38.5 Å². The van der Waals surface area contributed by atoms with Gasteiger partial charge < -0.3 is 9.42 Å². The summed E-state index contributed by atoms with van der Waals surface area (Å²) in [6, 6.07) is 4.26. The molecule has 1 aromatic carbocycles. The number of hydrogen-bond donors (Lipinski definition) is 0. The molecule has 1 aliphatic rings. The Balaban J connectivity index is 1.78. The lowest BCUT2D eigenvalue weighted by Gasteiger charge is -2.22. The predicted molar refractivity (Wildman–Crippen MR) is 99.4 cm³/mol. The molecule has 1 fully saturated rings. The maximum atomic E-state index is 14.1. The maximum Gasteiger partial charge on any atom is 0.256 e. The van der Waals surface area contributed by atoms with Crippen LogP contribution in [0.3, 0.4) is 0 Å². The van der Waals surface area contributed by atoms with Gasteiger partial charge in [-0.1, -0.05) is 21.1 Å². The molecule has 10 heteroatoms. The fourth-order valence-electron chi connectivity index (χ4n) is 3.14. The van der Waals surface area contributed by atoms with Gasteiger partial charge in [0.25, 0.3) is 5.91 Å². The van der Waals surface area contributed by atoms with Crippen LogP contribution in [0, 0.1) is 19.7 Å². The fraction of sp³-hybridized carbons (Fsp3) is 0.412. The van der Waals surface area contributed by atoms with Crippen molar-refractivity contribution in [3.05, 3.63) is 45.5 Å². The molecule has 2 aromatic rings. The topological polar surface area (TPSA) is 83.7 Å². The standard InChI is InChI=1S/C17H19BrFN3O4S/c1-11-16(12(2)26-20-11)27(24,25)22-7-3-6-21(8-9-22)17(23)14-5-4-13(18)10-15(14)19/h4-5,10H,3,6-9H2,1-2H3. The second kappa shape index (κ2) is 7.69. The van der Waals surface area contributed by atoms with Gasteiger partial charge in [-0.25, -0.2) is 12.8 Å². The van der Waals surface area contributed by atoms with Crippen LogP contribution in [0.15, 0.2) is 32.1 Å². The maximum absolute atomic E-state index is 14.1. The molecule has 0 saturated carbocycles. The van der Waals surface area contributed by atoms with Gasteiger partial charge in [0.1, 0.15) is 16.4 Å². The lowest BCUT2D eigenvalue weighted by atomic mass is 10.2. The van der Waals surface area contributed by atoms with E-state index in [1.165, 1.54) is 21.3 Å². The Bertz CT molecular complexity index is 957. The quantitative estimate of drug-likeness (QED) is 0.704. The van der Waals surface area contributed by atoms with E-state index in [1.807, 2.05) is 0 Å². The van der Waals surface area contributed by atoms with Crippen LogP contribution in [-0.2, 0) is 10.0 Å². The Labute approximate surface area is 165 Å². The smallest absolute Gasteiger partial charge is 0.256 e. The van der Waals surface area contributed by atoms with E-state index in [0.717, 1.165) is 0 Å². The number of rotatable bonds is 3. The first-order chi connectivity index (χ1) is 12.7. The van der Waals surface area contributed by atoms with Crippen molar-refractivity contribution in [2.75, 3.05) is 26.2 Å². The van der Waals surface area contributed by atoms with Gasteiger partial charge in [-0.15, -0.1) is 0 Å². The predicted octanol–water partition coefficient (Wildman–Crippen LogP) is 2.73. The van der Waals surface area contributed by atoms with Crippen LogP contribution in [0.5, 0.6) is 0 Å². The average molecular weight is 460 g/mol. The first kappa shape index (κ1) is 20.0. The monoisotopic (exact) mass is 459 g/mol. The minimum atomic E-state index is -3.77. The molecule has 0 N–H and O–H groups in total. The van der Waals surface area contributed by atoms with Gasteiger partial charge in [-0.2, -0.15) is 4.31 Å². The largest absolute Gasteiger partial charge is 0.360 e. The number of sulfonamides is 1. The van der Waals surface area contributed by atoms with Crippen molar-refractivity contribution in [3.63, 3.8) is 0 Å². The Morgan fingerprint density at radius 3 is 2.59 bits per heavy atom. The van der Waals surface area contributed by atoms with E-state index in [2.05, 4.69) is 21.1 Å². The molecule has 0 atom stereocenters. The highest BCUT2D eigenvalue weighted by atomic mass is 79.9. The number of benzene rings is 1. The molecule has 146 valence electrons. The molecule has 0 radical (unpaired) electrons. The molecule has 2 heterocycles. The SMILES string of the molecule is Cc1noc(C)c1S(=O)(=O)N1CCCN(C(=O)c2ccc(Br)cc2F)CC1. The Morgan fingerprint density at radius 1 is 1.22 bits per heavy atom. The minimum Gasteiger partial charge on any atom is -0.360 e. The third kappa shape index (κ3) is 3.92. The molecule has 1 aromatic heterocycles. The number of aryl methyl sites for hydroxylation is 2. The van der Waals surface area contributed by atoms with Crippen molar-refractivity contribution in [1.82, 2.24) is 14.4 Å². The summed E-state index contributed by atoms with van der Waals surface area (Å²) in [5, 5.41) is 3.71. The molecule has 0 bridgehead atoms. The minimum absolute atomic E-state index is 0.0276.